The van der Waals surface area contributed by atoms with E-state index in [0.717, 1.165) is 28.0 Å². The average molecular weight is 507 g/mol. The first-order chi connectivity index (χ1) is 13.1. The highest BCUT2D eigenvalue weighted by Crippen LogP contribution is 2.24. The number of aromatic nitrogens is 4. The molecule has 0 radical (unpaired) electrons. The molecule has 144 valence electrons. The number of anilines is 1. The van der Waals surface area contributed by atoms with Crippen LogP contribution in [0.15, 0.2) is 67.5 Å². The predicted molar refractivity (Wildman–Crippen MR) is 107 cm³/mol. The Morgan fingerprint density at radius 2 is 2.00 bits per heavy atom. The Morgan fingerprint density at radius 1 is 1.14 bits per heavy atom. The molecule has 0 spiro atoms. The maximum atomic E-state index is 6.05. The van der Waals surface area contributed by atoms with E-state index in [1.807, 2.05) is 71.4 Å². The second-order valence-corrected chi connectivity index (χ2v) is 6.88. The van der Waals surface area contributed by atoms with Gasteiger partial charge in [0.25, 0.3) is 0 Å². The summed E-state index contributed by atoms with van der Waals surface area (Å²) >= 11 is 6.05. The fraction of sp³-hybridized carbons (Fsp3) is 0.150. The summed E-state index contributed by atoms with van der Waals surface area (Å²) in [5, 5.41) is 1.69. The monoisotopic (exact) mass is 506 g/mol. The van der Waals surface area contributed by atoms with E-state index >= 15 is 0 Å². The highest BCUT2D eigenvalue weighted by atomic mass is 127. The lowest BCUT2D eigenvalue weighted by atomic mass is 10.1. The molecule has 1 atom stereocenters. The first kappa shape index (κ1) is 20.5. The van der Waals surface area contributed by atoms with Crippen molar-refractivity contribution in [3.63, 3.8) is 0 Å². The van der Waals surface area contributed by atoms with Gasteiger partial charge in [-0.2, -0.15) is 4.57 Å². The van der Waals surface area contributed by atoms with Crippen LogP contribution in [0.3, 0.4) is 0 Å². The van der Waals surface area contributed by atoms with Crippen LogP contribution in [0, 0.1) is 0 Å². The molecule has 0 saturated carbocycles. The van der Waals surface area contributed by atoms with Crippen LogP contribution in [0.2, 0.25) is 5.02 Å². The molecule has 3 aromatic heterocycles. The number of hydrogen-bond acceptors (Lipinski definition) is 4. The molecule has 3 heterocycles. The minimum absolute atomic E-state index is 0. The van der Waals surface area contributed by atoms with Gasteiger partial charge >= 0.3 is 0 Å². The fourth-order valence-corrected chi connectivity index (χ4v) is 3.06. The van der Waals surface area contributed by atoms with Crippen LogP contribution in [0.25, 0.3) is 16.7 Å². The van der Waals surface area contributed by atoms with Crippen molar-refractivity contribution in [2.24, 2.45) is 7.05 Å². The van der Waals surface area contributed by atoms with Crippen LogP contribution in [0.5, 0.6) is 0 Å². The number of pyridine rings is 2. The number of nitrogens with one attached hydrogen (secondary N) is 2. The van der Waals surface area contributed by atoms with Crippen LogP contribution < -0.4 is 39.4 Å². The number of hydrogen-bond donors (Lipinski definition) is 2. The smallest absolute Gasteiger partial charge is 0.250 e. The van der Waals surface area contributed by atoms with Crippen molar-refractivity contribution in [3.8, 4) is 5.82 Å². The lowest BCUT2D eigenvalue weighted by Gasteiger charge is -2.17. The fourth-order valence-electron chi connectivity index (χ4n) is 2.89. The molecular weight excluding hydrogens is 487 g/mol. The summed E-state index contributed by atoms with van der Waals surface area (Å²) in [5.74, 6) is 0.886. The molecule has 6 nitrogen and oxygen atoms in total. The summed E-state index contributed by atoms with van der Waals surface area (Å²) in [6.07, 6.45) is 9.59. The van der Waals surface area contributed by atoms with E-state index in [-0.39, 0.29) is 30.0 Å². The second kappa shape index (κ2) is 8.85. The summed E-state index contributed by atoms with van der Waals surface area (Å²) in [6.45, 7) is 2.08. The van der Waals surface area contributed by atoms with Crippen LogP contribution in [0.1, 0.15) is 18.5 Å². The number of aryl methyl sites for hydroxylation is 1. The lowest BCUT2D eigenvalue weighted by molar-refractivity contribution is -0.670. The Bertz CT molecular complexity index is 1080. The molecule has 0 bridgehead atoms. The molecule has 0 aliphatic carbocycles. The summed E-state index contributed by atoms with van der Waals surface area (Å²) in [7, 11) is 1.99. The molecule has 8 heteroatoms. The zero-order chi connectivity index (χ0) is 18.8. The summed E-state index contributed by atoms with van der Waals surface area (Å²) < 4.78 is 3.96. The maximum Gasteiger partial charge on any atom is 0.250 e. The minimum Gasteiger partial charge on any atom is -1.00 e. The van der Waals surface area contributed by atoms with Crippen molar-refractivity contribution in [1.82, 2.24) is 20.0 Å². The number of imidazole rings is 1. The first-order valence-corrected chi connectivity index (χ1v) is 9.03. The zero-order valence-corrected chi connectivity index (χ0v) is 18.4. The Kier molecular flexibility index (Phi) is 6.48. The topological polar surface area (TPSA) is 58.7 Å². The number of fused-ring (bicyclic) bond motifs is 1. The Labute approximate surface area is 185 Å². The van der Waals surface area contributed by atoms with Gasteiger partial charge in [-0.15, -0.1) is 0 Å². The van der Waals surface area contributed by atoms with Gasteiger partial charge in [-0.05, 0) is 42.8 Å². The standard InChI is InChI=1S/C20H20ClN6.HI/c1-14(15-3-6-20(23-12-15)27-10-9-26(2)13-27)24-25-18-7-8-22-19-11-16(21)4-5-17(18)19;/h3-14,24H,1-2H3,(H,22,25);1H/q+1;/p-1. The van der Waals surface area contributed by atoms with Gasteiger partial charge in [-0.1, -0.05) is 11.6 Å². The lowest BCUT2D eigenvalue weighted by Crippen LogP contribution is -3.00. The van der Waals surface area contributed by atoms with Gasteiger partial charge in [-0.25, -0.2) is 15.0 Å². The van der Waals surface area contributed by atoms with Gasteiger partial charge in [0.1, 0.15) is 12.4 Å². The SMILES string of the molecule is CC(NNc1ccnc2cc(Cl)ccc12)c1ccc(-n2cc[n+](C)c2)nc1.[I-]. The van der Waals surface area contributed by atoms with Gasteiger partial charge in [0, 0.05) is 34.9 Å². The third kappa shape index (κ3) is 4.43. The van der Waals surface area contributed by atoms with Crippen LogP contribution in [-0.2, 0) is 7.05 Å². The van der Waals surface area contributed by atoms with Gasteiger partial charge in [0.2, 0.25) is 12.1 Å². The molecule has 1 unspecified atom stereocenters. The molecule has 0 aliphatic rings. The molecule has 0 amide bonds. The van der Waals surface area contributed by atoms with Crippen molar-refractivity contribution in [2.75, 3.05) is 5.43 Å². The minimum atomic E-state index is 0. The molecule has 28 heavy (non-hydrogen) atoms. The highest BCUT2D eigenvalue weighted by Gasteiger charge is 2.10. The normalized spacial score (nSPS) is 11.8. The van der Waals surface area contributed by atoms with Crippen molar-refractivity contribution < 1.29 is 28.5 Å². The van der Waals surface area contributed by atoms with Crippen molar-refractivity contribution in [2.45, 2.75) is 13.0 Å². The maximum absolute atomic E-state index is 6.05. The Morgan fingerprint density at radius 3 is 2.71 bits per heavy atom. The zero-order valence-electron chi connectivity index (χ0n) is 15.5. The average Bonchev–Trinajstić information content (AvgIpc) is 3.12. The molecule has 4 aromatic rings. The molecule has 0 fully saturated rings. The predicted octanol–water partition coefficient (Wildman–Crippen LogP) is 0.580. The van der Waals surface area contributed by atoms with E-state index in [0.29, 0.717) is 5.02 Å². The van der Waals surface area contributed by atoms with E-state index < -0.39 is 0 Å². The second-order valence-electron chi connectivity index (χ2n) is 6.45. The highest BCUT2D eigenvalue weighted by molar-refractivity contribution is 6.31. The van der Waals surface area contributed by atoms with E-state index in [1.54, 1.807) is 6.20 Å². The van der Waals surface area contributed by atoms with Crippen LogP contribution in [0.4, 0.5) is 5.69 Å². The number of rotatable bonds is 5. The van der Waals surface area contributed by atoms with Gasteiger partial charge in [-0.3, -0.25) is 4.98 Å². The van der Waals surface area contributed by atoms with Crippen LogP contribution >= 0.6 is 11.6 Å². The Hall–Kier alpha value is -2.23. The number of halogens is 2. The van der Waals surface area contributed by atoms with Gasteiger partial charge < -0.3 is 29.4 Å². The van der Waals surface area contributed by atoms with Crippen molar-refractivity contribution in [3.05, 3.63) is 78.1 Å². The van der Waals surface area contributed by atoms with Gasteiger partial charge in [0.15, 0.2) is 0 Å². The molecule has 0 aliphatic heterocycles. The van der Waals surface area contributed by atoms with E-state index in [2.05, 4.69) is 33.8 Å². The molecule has 4 rings (SSSR count). The quantitative estimate of drug-likeness (QED) is 0.236. The summed E-state index contributed by atoms with van der Waals surface area (Å²) in [5.41, 5.74) is 9.50. The van der Waals surface area contributed by atoms with Crippen molar-refractivity contribution in [1.29, 1.82) is 0 Å². The number of nitrogens with zero attached hydrogens (tertiary/aromatic N) is 4. The third-order valence-corrected chi connectivity index (χ3v) is 4.67. The van der Waals surface area contributed by atoms with E-state index in [9.17, 15) is 0 Å². The summed E-state index contributed by atoms with van der Waals surface area (Å²) in [6, 6.07) is 11.8. The van der Waals surface area contributed by atoms with E-state index in [1.165, 1.54) is 0 Å². The molecule has 0 saturated heterocycles. The molecule has 1 aromatic carbocycles. The first-order valence-electron chi connectivity index (χ1n) is 8.65. The van der Waals surface area contributed by atoms with Gasteiger partial charge in [0.05, 0.1) is 18.3 Å². The third-order valence-electron chi connectivity index (χ3n) is 4.43. The molecule has 2 N–H and O–H groups in total. The van der Waals surface area contributed by atoms with E-state index in [4.69, 9.17) is 11.6 Å². The largest absolute Gasteiger partial charge is 1.00 e. The summed E-state index contributed by atoms with van der Waals surface area (Å²) in [4.78, 5) is 8.92. The van der Waals surface area contributed by atoms with Crippen LogP contribution in [-0.4, -0.2) is 14.5 Å². The molecular formula is C20H20ClIN6. The number of benzene rings is 1. The Balaban J connectivity index is 0.00000225. The number of hydrazine groups is 1. The van der Waals surface area contributed by atoms with Crippen molar-refractivity contribution >= 4 is 28.2 Å².